The minimum atomic E-state index is -0.481. The van der Waals surface area contributed by atoms with E-state index in [1.165, 1.54) is 18.4 Å². The van der Waals surface area contributed by atoms with Gasteiger partial charge in [0.25, 0.3) is 0 Å². The van der Waals surface area contributed by atoms with Crippen LogP contribution in [-0.4, -0.2) is 44.0 Å². The maximum atomic E-state index is 11.6. The van der Waals surface area contributed by atoms with Gasteiger partial charge in [0, 0.05) is 0 Å². The number of nitrogens with zero attached hydrogens (tertiary/aromatic N) is 2. The molecule has 96 valence electrons. The van der Waals surface area contributed by atoms with Gasteiger partial charge >= 0.3 is 5.97 Å². The Bertz CT molecular complexity index is 478. The number of esters is 1. The summed E-state index contributed by atoms with van der Waals surface area (Å²) in [6.45, 7) is 0.255. The summed E-state index contributed by atoms with van der Waals surface area (Å²) < 4.78 is 4.60. The second-order valence-electron chi connectivity index (χ2n) is 3.53. The molecule has 1 aromatic heterocycles. The van der Waals surface area contributed by atoms with Gasteiger partial charge in [-0.2, -0.15) is 5.26 Å². The number of hydrogen-bond acceptors (Lipinski definition) is 6. The zero-order chi connectivity index (χ0) is 13.5. The van der Waals surface area contributed by atoms with E-state index >= 15 is 0 Å². The first-order valence-corrected chi connectivity index (χ1v) is 5.97. The van der Waals surface area contributed by atoms with Crippen LogP contribution < -0.4 is 5.32 Å². The van der Waals surface area contributed by atoms with Crippen molar-refractivity contribution in [3.8, 4) is 6.07 Å². The topological polar surface area (TPSA) is 82.4 Å². The van der Waals surface area contributed by atoms with Gasteiger partial charge in [-0.3, -0.25) is 9.69 Å². The fraction of sp³-hybridized carbons (Fsp3) is 0.364. The molecule has 1 amide bonds. The summed E-state index contributed by atoms with van der Waals surface area (Å²) in [6, 6.07) is 3.58. The highest BCUT2D eigenvalue weighted by Gasteiger charge is 2.16. The summed E-state index contributed by atoms with van der Waals surface area (Å²) in [6.07, 6.45) is 0. The van der Waals surface area contributed by atoms with Crippen LogP contribution in [0.4, 0.5) is 5.69 Å². The van der Waals surface area contributed by atoms with Gasteiger partial charge in [-0.1, -0.05) is 0 Å². The van der Waals surface area contributed by atoms with Gasteiger partial charge < -0.3 is 10.1 Å². The lowest BCUT2D eigenvalue weighted by molar-refractivity contribution is -0.116. The van der Waals surface area contributed by atoms with Crippen LogP contribution in [-0.2, 0) is 9.53 Å². The second kappa shape index (κ2) is 6.74. The molecule has 1 aromatic rings. The van der Waals surface area contributed by atoms with Gasteiger partial charge in [-0.05, 0) is 18.5 Å². The lowest BCUT2D eigenvalue weighted by atomic mass is 10.3. The Balaban J connectivity index is 2.63. The van der Waals surface area contributed by atoms with Gasteiger partial charge in [0.2, 0.25) is 5.91 Å². The predicted octanol–water partition coefficient (Wildman–Crippen LogP) is 0.929. The van der Waals surface area contributed by atoms with Gasteiger partial charge in [0.1, 0.15) is 4.88 Å². The van der Waals surface area contributed by atoms with Crippen molar-refractivity contribution in [2.75, 3.05) is 32.6 Å². The number of amides is 1. The summed E-state index contributed by atoms with van der Waals surface area (Å²) in [5.41, 5.74) is 0.433. The van der Waals surface area contributed by atoms with Crippen molar-refractivity contribution in [2.24, 2.45) is 0 Å². The number of carbonyl (C=O) groups is 2. The van der Waals surface area contributed by atoms with Crippen LogP contribution in [0, 0.1) is 11.3 Å². The zero-order valence-electron chi connectivity index (χ0n) is 10.1. The molecule has 1 rings (SSSR count). The van der Waals surface area contributed by atoms with Crippen molar-refractivity contribution in [1.29, 1.82) is 5.26 Å². The number of carbonyl (C=O) groups excluding carboxylic acids is 2. The molecule has 0 aliphatic carbocycles. The number of anilines is 1. The normalized spacial score (nSPS) is 9.89. The maximum absolute atomic E-state index is 11.6. The van der Waals surface area contributed by atoms with Crippen molar-refractivity contribution in [2.45, 2.75) is 0 Å². The first-order chi connectivity index (χ1) is 8.58. The Kier molecular flexibility index (Phi) is 5.30. The van der Waals surface area contributed by atoms with E-state index in [1.807, 2.05) is 6.07 Å². The molecular weight excluding hydrogens is 254 g/mol. The van der Waals surface area contributed by atoms with Crippen molar-refractivity contribution in [3.63, 3.8) is 0 Å². The largest absolute Gasteiger partial charge is 0.465 e. The van der Waals surface area contributed by atoms with E-state index in [-0.39, 0.29) is 19.0 Å². The first-order valence-electron chi connectivity index (χ1n) is 5.09. The van der Waals surface area contributed by atoms with Crippen LogP contribution in [0.3, 0.4) is 0 Å². The zero-order valence-corrected chi connectivity index (χ0v) is 10.9. The molecule has 0 saturated heterocycles. The molecule has 6 nitrogen and oxygen atoms in total. The van der Waals surface area contributed by atoms with Gasteiger partial charge in [0.15, 0.2) is 0 Å². The smallest absolute Gasteiger partial charge is 0.350 e. The van der Waals surface area contributed by atoms with E-state index in [0.717, 1.165) is 0 Å². The summed E-state index contributed by atoms with van der Waals surface area (Å²) in [5, 5.41) is 12.8. The van der Waals surface area contributed by atoms with Crippen molar-refractivity contribution < 1.29 is 14.3 Å². The average molecular weight is 267 g/mol. The summed E-state index contributed by atoms with van der Waals surface area (Å²) in [4.78, 5) is 25.0. The highest BCUT2D eigenvalue weighted by Crippen LogP contribution is 2.22. The lowest BCUT2D eigenvalue weighted by Crippen LogP contribution is -2.30. The molecule has 0 unspecified atom stereocenters. The summed E-state index contributed by atoms with van der Waals surface area (Å²) in [7, 11) is 2.95. The second-order valence-corrected chi connectivity index (χ2v) is 4.45. The van der Waals surface area contributed by atoms with Crippen molar-refractivity contribution >= 4 is 28.9 Å². The van der Waals surface area contributed by atoms with Crippen LogP contribution in [0.15, 0.2) is 11.4 Å². The molecular formula is C11H13N3O3S. The van der Waals surface area contributed by atoms with Gasteiger partial charge in [-0.25, -0.2) is 4.79 Å². The predicted molar refractivity (Wildman–Crippen MR) is 67.4 cm³/mol. The quantitative estimate of drug-likeness (QED) is 0.634. The molecule has 18 heavy (non-hydrogen) atoms. The third kappa shape index (κ3) is 3.84. The van der Waals surface area contributed by atoms with Crippen molar-refractivity contribution in [1.82, 2.24) is 4.90 Å². The SMILES string of the molecule is COC(=O)c1sccc1NC(=O)CN(C)CC#N. The van der Waals surface area contributed by atoms with Crippen LogP contribution in [0.5, 0.6) is 0 Å². The molecule has 0 spiro atoms. The number of rotatable bonds is 5. The van der Waals surface area contributed by atoms with Crippen LogP contribution in [0.2, 0.25) is 0 Å². The van der Waals surface area contributed by atoms with Crippen LogP contribution in [0.25, 0.3) is 0 Å². The molecule has 1 N–H and O–H groups in total. The van der Waals surface area contributed by atoms with Gasteiger partial charge in [0.05, 0.1) is 32.0 Å². The monoisotopic (exact) mass is 267 g/mol. The highest BCUT2D eigenvalue weighted by molar-refractivity contribution is 7.12. The standard InChI is InChI=1S/C11H13N3O3S/c1-14(5-4-12)7-9(15)13-8-3-6-18-10(8)11(16)17-2/h3,6H,5,7H2,1-2H3,(H,13,15). The lowest BCUT2D eigenvalue weighted by Gasteiger charge is -2.12. The third-order valence-electron chi connectivity index (χ3n) is 2.06. The van der Waals surface area contributed by atoms with E-state index in [4.69, 9.17) is 5.26 Å². The summed E-state index contributed by atoms with van der Waals surface area (Å²) in [5.74, 6) is -0.762. The number of ether oxygens (including phenoxy) is 1. The number of nitriles is 1. The molecule has 0 radical (unpaired) electrons. The fourth-order valence-electron chi connectivity index (χ4n) is 1.27. The summed E-state index contributed by atoms with van der Waals surface area (Å²) >= 11 is 1.20. The molecule has 0 bridgehead atoms. The van der Waals surface area contributed by atoms with E-state index in [0.29, 0.717) is 10.6 Å². The third-order valence-corrected chi connectivity index (χ3v) is 2.96. The number of methoxy groups -OCH3 is 1. The number of nitrogens with one attached hydrogen (secondary N) is 1. The Morgan fingerprint density at radius 2 is 2.33 bits per heavy atom. The van der Waals surface area contributed by atoms with Crippen LogP contribution in [0.1, 0.15) is 9.67 Å². The Hall–Kier alpha value is -1.91. The van der Waals surface area contributed by atoms with E-state index in [1.54, 1.807) is 23.4 Å². The highest BCUT2D eigenvalue weighted by atomic mass is 32.1. The molecule has 0 aromatic carbocycles. The molecule has 0 saturated carbocycles. The average Bonchev–Trinajstić information content (AvgIpc) is 2.76. The minimum Gasteiger partial charge on any atom is -0.465 e. The van der Waals surface area contributed by atoms with Gasteiger partial charge in [-0.15, -0.1) is 11.3 Å². The Morgan fingerprint density at radius 1 is 1.61 bits per heavy atom. The number of likely N-dealkylation sites (N-methyl/N-ethyl adjacent to an activating group) is 1. The fourth-order valence-corrected chi connectivity index (χ4v) is 2.04. The molecule has 0 aliphatic rings. The van der Waals surface area contributed by atoms with Crippen molar-refractivity contribution in [3.05, 3.63) is 16.3 Å². The molecule has 0 fully saturated rings. The number of hydrogen-bond donors (Lipinski definition) is 1. The van der Waals surface area contributed by atoms with E-state index in [9.17, 15) is 9.59 Å². The number of thiophene rings is 1. The maximum Gasteiger partial charge on any atom is 0.350 e. The van der Waals surface area contributed by atoms with Crippen LogP contribution >= 0.6 is 11.3 Å². The van der Waals surface area contributed by atoms with E-state index < -0.39 is 5.97 Å². The first kappa shape index (κ1) is 14.2. The van der Waals surface area contributed by atoms with E-state index in [2.05, 4.69) is 10.1 Å². The molecule has 0 aliphatic heterocycles. The Labute approximate surface area is 109 Å². The Morgan fingerprint density at radius 3 is 2.94 bits per heavy atom. The molecule has 0 atom stereocenters. The molecule has 1 heterocycles. The molecule has 7 heteroatoms. The minimum absolute atomic E-state index is 0.0873.